The van der Waals surface area contributed by atoms with E-state index in [0.717, 1.165) is 24.2 Å². The summed E-state index contributed by atoms with van der Waals surface area (Å²) in [7, 11) is 0. The average molecular weight is 374 g/mol. The van der Waals surface area contributed by atoms with Crippen LogP contribution in [0.1, 0.15) is 27.5 Å². The number of halogens is 1. The van der Waals surface area contributed by atoms with Gasteiger partial charge in [-0.15, -0.1) is 0 Å². The van der Waals surface area contributed by atoms with E-state index in [1.165, 1.54) is 0 Å². The van der Waals surface area contributed by atoms with Crippen molar-refractivity contribution in [3.63, 3.8) is 0 Å². The molecule has 1 saturated heterocycles. The lowest BCUT2D eigenvalue weighted by Crippen LogP contribution is -2.43. The number of nitrogens with zero attached hydrogens (tertiary/aromatic N) is 1. The summed E-state index contributed by atoms with van der Waals surface area (Å²) in [5.74, 6) is -0.0826. The number of carbonyl (C=O) groups is 1. The van der Waals surface area contributed by atoms with Crippen LogP contribution in [0.25, 0.3) is 0 Å². The van der Waals surface area contributed by atoms with Crippen molar-refractivity contribution in [3.8, 4) is 0 Å². The highest BCUT2D eigenvalue weighted by Crippen LogP contribution is 2.23. The molecule has 3 rings (SSSR count). The summed E-state index contributed by atoms with van der Waals surface area (Å²) < 4.78 is 5.46. The van der Waals surface area contributed by atoms with E-state index in [1.54, 1.807) is 0 Å². The number of benzene rings is 2. The van der Waals surface area contributed by atoms with Crippen LogP contribution in [-0.2, 0) is 11.3 Å². The summed E-state index contributed by atoms with van der Waals surface area (Å²) in [6, 6.07) is 15.3. The Kier molecular flexibility index (Phi) is 6.63. The number of nitrogens with two attached hydrogens (primary N) is 1. The van der Waals surface area contributed by atoms with Crippen molar-refractivity contribution in [1.29, 1.82) is 0 Å². The van der Waals surface area contributed by atoms with Gasteiger partial charge in [-0.05, 0) is 35.4 Å². The van der Waals surface area contributed by atoms with Gasteiger partial charge in [0.2, 0.25) is 0 Å². The first kappa shape index (κ1) is 18.9. The monoisotopic (exact) mass is 373 g/mol. The van der Waals surface area contributed by atoms with Crippen molar-refractivity contribution in [2.75, 3.05) is 32.8 Å². The van der Waals surface area contributed by atoms with Crippen molar-refractivity contribution in [1.82, 2.24) is 10.2 Å². The average Bonchev–Trinajstić information content (AvgIpc) is 2.70. The fraction of sp³-hybridized carbons (Fsp3) is 0.350. The molecule has 1 amide bonds. The first-order chi connectivity index (χ1) is 12.7. The third kappa shape index (κ3) is 4.83. The lowest BCUT2D eigenvalue weighted by molar-refractivity contribution is 0.0162. The van der Waals surface area contributed by atoms with Crippen LogP contribution in [0.3, 0.4) is 0 Å². The van der Waals surface area contributed by atoms with Crippen molar-refractivity contribution in [2.24, 2.45) is 5.73 Å². The summed E-state index contributed by atoms with van der Waals surface area (Å²) in [5, 5.41) is 3.77. The van der Waals surface area contributed by atoms with E-state index in [1.807, 2.05) is 48.5 Å². The normalized spacial score (nSPS) is 16.2. The Morgan fingerprint density at radius 3 is 2.38 bits per heavy atom. The van der Waals surface area contributed by atoms with Gasteiger partial charge in [0.25, 0.3) is 5.91 Å². The SMILES string of the molecule is NCc1ccc(C(=O)NCC(c2ccc(Cl)cc2)N2CCOCC2)cc1. The molecule has 1 aliphatic rings. The Bertz CT molecular complexity index is 713. The maximum absolute atomic E-state index is 12.5. The molecule has 0 spiro atoms. The van der Waals surface area contributed by atoms with Crippen LogP contribution in [0.5, 0.6) is 0 Å². The minimum absolute atomic E-state index is 0.0826. The van der Waals surface area contributed by atoms with Gasteiger partial charge < -0.3 is 15.8 Å². The van der Waals surface area contributed by atoms with Crippen LogP contribution in [0.15, 0.2) is 48.5 Å². The summed E-state index contributed by atoms with van der Waals surface area (Å²) >= 11 is 6.02. The second kappa shape index (κ2) is 9.14. The summed E-state index contributed by atoms with van der Waals surface area (Å²) in [5.41, 5.74) is 8.39. The minimum Gasteiger partial charge on any atom is -0.379 e. The largest absolute Gasteiger partial charge is 0.379 e. The van der Waals surface area contributed by atoms with Crippen molar-refractivity contribution in [2.45, 2.75) is 12.6 Å². The highest BCUT2D eigenvalue weighted by molar-refractivity contribution is 6.30. The molecule has 3 N–H and O–H groups in total. The smallest absolute Gasteiger partial charge is 0.251 e. The Morgan fingerprint density at radius 1 is 1.12 bits per heavy atom. The number of ether oxygens (including phenoxy) is 1. The Labute approximate surface area is 159 Å². The second-order valence-corrected chi connectivity index (χ2v) is 6.76. The van der Waals surface area contributed by atoms with E-state index in [4.69, 9.17) is 22.1 Å². The predicted molar refractivity (Wildman–Crippen MR) is 103 cm³/mol. The van der Waals surface area contributed by atoms with Gasteiger partial charge in [0, 0.05) is 36.8 Å². The molecule has 1 unspecified atom stereocenters. The molecule has 0 aromatic heterocycles. The molecule has 1 heterocycles. The molecule has 2 aromatic rings. The van der Waals surface area contributed by atoms with Crippen LogP contribution < -0.4 is 11.1 Å². The lowest BCUT2D eigenvalue weighted by atomic mass is 10.0. The van der Waals surface area contributed by atoms with E-state index in [0.29, 0.717) is 36.9 Å². The number of hydrogen-bond donors (Lipinski definition) is 2. The molecule has 0 radical (unpaired) electrons. The summed E-state index contributed by atoms with van der Waals surface area (Å²) in [4.78, 5) is 14.8. The molecule has 138 valence electrons. The van der Waals surface area contributed by atoms with Gasteiger partial charge in [-0.1, -0.05) is 35.9 Å². The fourth-order valence-corrected chi connectivity index (χ4v) is 3.24. The molecule has 0 bridgehead atoms. The minimum atomic E-state index is -0.0826. The lowest BCUT2D eigenvalue weighted by Gasteiger charge is -2.35. The molecule has 1 atom stereocenters. The first-order valence-corrected chi connectivity index (χ1v) is 9.19. The Balaban J connectivity index is 1.70. The van der Waals surface area contributed by atoms with Crippen LogP contribution in [0.2, 0.25) is 5.02 Å². The number of morpholine rings is 1. The summed E-state index contributed by atoms with van der Waals surface area (Å²) in [6.07, 6.45) is 0. The molecule has 1 aliphatic heterocycles. The molecule has 6 heteroatoms. The van der Waals surface area contributed by atoms with Crippen molar-refractivity contribution < 1.29 is 9.53 Å². The zero-order valence-corrected chi connectivity index (χ0v) is 15.4. The Hall–Kier alpha value is -1.92. The van der Waals surface area contributed by atoms with Gasteiger partial charge in [-0.3, -0.25) is 9.69 Å². The van der Waals surface area contributed by atoms with E-state index >= 15 is 0 Å². The fourth-order valence-electron chi connectivity index (χ4n) is 3.12. The highest BCUT2D eigenvalue weighted by atomic mass is 35.5. The molecule has 0 aliphatic carbocycles. The molecule has 5 nitrogen and oxygen atoms in total. The van der Waals surface area contributed by atoms with Crippen molar-refractivity contribution in [3.05, 3.63) is 70.2 Å². The molecule has 0 saturated carbocycles. The molecule has 2 aromatic carbocycles. The van der Waals surface area contributed by atoms with E-state index in [2.05, 4.69) is 10.2 Å². The van der Waals surface area contributed by atoms with Gasteiger partial charge in [0.15, 0.2) is 0 Å². The predicted octanol–water partition coefficient (Wildman–Crippen LogP) is 2.60. The maximum atomic E-state index is 12.5. The van der Waals surface area contributed by atoms with Gasteiger partial charge in [0.1, 0.15) is 0 Å². The molecular weight excluding hydrogens is 350 g/mol. The van der Waals surface area contributed by atoms with Gasteiger partial charge in [-0.2, -0.15) is 0 Å². The number of nitrogens with one attached hydrogen (secondary N) is 1. The van der Waals surface area contributed by atoms with Gasteiger partial charge in [-0.25, -0.2) is 0 Å². The first-order valence-electron chi connectivity index (χ1n) is 8.82. The van der Waals surface area contributed by atoms with E-state index < -0.39 is 0 Å². The van der Waals surface area contributed by atoms with Gasteiger partial charge in [0.05, 0.1) is 19.3 Å². The number of rotatable bonds is 6. The summed E-state index contributed by atoms with van der Waals surface area (Å²) in [6.45, 7) is 4.09. The standard InChI is InChI=1S/C20H24ClN3O2/c21-18-7-5-16(6-8-18)19(24-9-11-26-12-10-24)14-23-20(25)17-3-1-15(13-22)2-4-17/h1-8,19H,9-14,22H2,(H,23,25). The van der Waals surface area contributed by atoms with E-state index in [-0.39, 0.29) is 11.9 Å². The zero-order valence-electron chi connectivity index (χ0n) is 14.7. The molecule has 1 fully saturated rings. The third-order valence-electron chi connectivity index (χ3n) is 4.65. The number of amides is 1. The van der Waals surface area contributed by atoms with Crippen LogP contribution in [0.4, 0.5) is 0 Å². The number of hydrogen-bond acceptors (Lipinski definition) is 4. The topological polar surface area (TPSA) is 67.6 Å². The Morgan fingerprint density at radius 2 is 1.77 bits per heavy atom. The van der Waals surface area contributed by atoms with E-state index in [9.17, 15) is 4.79 Å². The number of carbonyl (C=O) groups excluding carboxylic acids is 1. The quantitative estimate of drug-likeness (QED) is 0.816. The third-order valence-corrected chi connectivity index (χ3v) is 4.90. The highest BCUT2D eigenvalue weighted by Gasteiger charge is 2.23. The molecular formula is C20H24ClN3O2. The van der Waals surface area contributed by atoms with Crippen LogP contribution >= 0.6 is 11.6 Å². The zero-order chi connectivity index (χ0) is 18.4. The van der Waals surface area contributed by atoms with Crippen molar-refractivity contribution >= 4 is 17.5 Å². The van der Waals surface area contributed by atoms with Crippen LogP contribution in [0, 0.1) is 0 Å². The molecule has 26 heavy (non-hydrogen) atoms. The second-order valence-electron chi connectivity index (χ2n) is 6.33. The van der Waals surface area contributed by atoms with Gasteiger partial charge >= 0.3 is 0 Å². The van der Waals surface area contributed by atoms with Crippen LogP contribution in [-0.4, -0.2) is 43.7 Å². The maximum Gasteiger partial charge on any atom is 0.251 e.